The first kappa shape index (κ1) is 25.3. The van der Waals surface area contributed by atoms with Crippen LogP contribution in [0.1, 0.15) is 114 Å². The number of benzene rings is 2. The van der Waals surface area contributed by atoms with E-state index in [-0.39, 0.29) is 5.41 Å². The van der Waals surface area contributed by atoms with Crippen molar-refractivity contribution in [1.82, 2.24) is 0 Å². The van der Waals surface area contributed by atoms with Crippen molar-refractivity contribution in [3.8, 4) is 29.0 Å². The van der Waals surface area contributed by atoms with Crippen molar-refractivity contribution in [3.63, 3.8) is 0 Å². The summed E-state index contributed by atoms with van der Waals surface area (Å²) in [6.07, 6.45) is 16.2. The molecule has 0 spiro atoms. The highest BCUT2D eigenvalue weighted by atomic mass is 16.5. The van der Waals surface area contributed by atoms with E-state index in [4.69, 9.17) is 4.74 Å². The second kappa shape index (κ2) is 11.3. The van der Waals surface area contributed by atoms with Gasteiger partial charge in [0.25, 0.3) is 0 Å². The molecule has 3 aliphatic rings. The molecule has 3 saturated carbocycles. The maximum atomic E-state index is 10.2. The van der Waals surface area contributed by atoms with Crippen molar-refractivity contribution in [2.75, 3.05) is 6.61 Å². The molecular formula is C32H40N2O. The summed E-state index contributed by atoms with van der Waals surface area (Å²) in [5.74, 6) is 0.847. The van der Waals surface area contributed by atoms with Gasteiger partial charge in [-0.3, -0.25) is 0 Å². The molecule has 0 heterocycles. The van der Waals surface area contributed by atoms with Crippen molar-refractivity contribution in [2.24, 2.45) is 5.41 Å². The number of rotatable bonds is 11. The predicted molar refractivity (Wildman–Crippen MR) is 142 cm³/mol. The topological polar surface area (TPSA) is 56.8 Å². The minimum absolute atomic E-state index is 0.0668. The SMILES string of the molecule is CCCCCCC12CCC(c3ccc(-c4ccc(OCCCC)cc4)c(C#N)c3C#N)(CC1)CC2. The second-order valence-corrected chi connectivity index (χ2v) is 11.0. The smallest absolute Gasteiger partial charge is 0.119 e. The van der Waals surface area contributed by atoms with Gasteiger partial charge in [0, 0.05) is 5.56 Å². The Balaban J connectivity index is 1.55. The van der Waals surface area contributed by atoms with Crippen LogP contribution in [0.5, 0.6) is 5.75 Å². The Bertz CT molecular complexity index is 1060. The number of nitriles is 2. The van der Waals surface area contributed by atoms with E-state index in [1.54, 1.807) is 0 Å². The molecule has 0 atom stereocenters. The summed E-state index contributed by atoms with van der Waals surface area (Å²) >= 11 is 0. The van der Waals surface area contributed by atoms with Crippen LogP contribution >= 0.6 is 0 Å². The van der Waals surface area contributed by atoms with E-state index in [0.29, 0.717) is 23.1 Å². The molecule has 0 N–H and O–H groups in total. The number of hydrogen-bond donors (Lipinski definition) is 0. The maximum Gasteiger partial charge on any atom is 0.119 e. The van der Waals surface area contributed by atoms with Gasteiger partial charge in [0.15, 0.2) is 0 Å². The lowest BCUT2D eigenvalue weighted by molar-refractivity contribution is 0.0303. The molecule has 35 heavy (non-hydrogen) atoms. The van der Waals surface area contributed by atoms with Crippen LogP contribution in [0.2, 0.25) is 0 Å². The number of hydrogen-bond acceptors (Lipinski definition) is 3. The van der Waals surface area contributed by atoms with E-state index >= 15 is 0 Å². The average molecular weight is 469 g/mol. The highest BCUT2D eigenvalue weighted by Gasteiger charge is 2.49. The summed E-state index contributed by atoms with van der Waals surface area (Å²) in [6.45, 7) is 5.14. The quantitative estimate of drug-likeness (QED) is 0.309. The molecule has 2 bridgehead atoms. The van der Waals surface area contributed by atoms with E-state index in [1.165, 1.54) is 51.4 Å². The Hall–Kier alpha value is -2.78. The van der Waals surface area contributed by atoms with Crippen LogP contribution in [0.15, 0.2) is 36.4 Å². The summed E-state index contributed by atoms with van der Waals surface area (Å²) in [5, 5.41) is 20.4. The molecule has 0 unspecified atom stereocenters. The molecule has 3 nitrogen and oxygen atoms in total. The van der Waals surface area contributed by atoms with Crippen molar-refractivity contribution in [3.05, 3.63) is 53.1 Å². The Labute approximate surface area is 212 Å². The Morgan fingerprint density at radius 3 is 2.00 bits per heavy atom. The molecular weight excluding hydrogens is 428 g/mol. The molecule has 3 aliphatic carbocycles. The van der Waals surface area contributed by atoms with Gasteiger partial charge >= 0.3 is 0 Å². The third kappa shape index (κ3) is 5.26. The summed E-state index contributed by atoms with van der Waals surface area (Å²) in [4.78, 5) is 0. The van der Waals surface area contributed by atoms with Crippen molar-refractivity contribution in [2.45, 2.75) is 103 Å². The summed E-state index contributed by atoms with van der Waals surface area (Å²) in [5.41, 5.74) is 4.66. The van der Waals surface area contributed by atoms with E-state index in [2.05, 4.69) is 38.1 Å². The third-order valence-corrected chi connectivity index (χ3v) is 8.89. The monoisotopic (exact) mass is 468 g/mol. The van der Waals surface area contributed by atoms with Gasteiger partial charge in [-0.25, -0.2) is 0 Å². The van der Waals surface area contributed by atoms with Gasteiger partial charge in [-0.15, -0.1) is 0 Å². The molecule has 3 heteroatoms. The van der Waals surface area contributed by atoms with Crippen LogP contribution < -0.4 is 4.74 Å². The Kier molecular flexibility index (Phi) is 8.18. The lowest BCUT2D eigenvalue weighted by atomic mass is 9.50. The first-order valence-electron chi connectivity index (χ1n) is 13.8. The summed E-state index contributed by atoms with van der Waals surface area (Å²) in [7, 11) is 0. The predicted octanol–water partition coefficient (Wildman–Crippen LogP) is 8.84. The standard InChI is InChI=1S/C32H40N2O/c1-3-5-7-8-15-31-16-19-32(20-17-31,21-18-31)30-14-13-27(28(23-33)29(30)24-34)25-9-11-26(12-10-25)35-22-6-4-2/h9-14H,3-8,15-22H2,1-2H3. The second-order valence-electron chi connectivity index (χ2n) is 11.0. The van der Waals surface area contributed by atoms with Gasteiger partial charge in [0.2, 0.25) is 0 Å². The van der Waals surface area contributed by atoms with Crippen LogP contribution in [0.25, 0.3) is 11.1 Å². The molecule has 0 saturated heterocycles. The molecule has 184 valence electrons. The van der Waals surface area contributed by atoms with Gasteiger partial charge in [-0.05, 0) is 85.5 Å². The molecule has 0 aliphatic heterocycles. The fourth-order valence-electron chi connectivity index (χ4n) is 6.55. The Morgan fingerprint density at radius 1 is 0.743 bits per heavy atom. The normalized spacial score (nSPS) is 23.0. The molecule has 2 aromatic carbocycles. The number of unbranched alkanes of at least 4 members (excludes halogenated alkanes) is 4. The minimum Gasteiger partial charge on any atom is -0.494 e. The zero-order valence-corrected chi connectivity index (χ0v) is 21.7. The van der Waals surface area contributed by atoms with Gasteiger partial charge < -0.3 is 4.74 Å². The highest BCUT2D eigenvalue weighted by molar-refractivity contribution is 5.75. The van der Waals surface area contributed by atoms with Crippen LogP contribution in [-0.4, -0.2) is 6.61 Å². The minimum atomic E-state index is 0.0668. The number of ether oxygens (including phenoxy) is 1. The third-order valence-electron chi connectivity index (χ3n) is 8.89. The maximum absolute atomic E-state index is 10.2. The van der Waals surface area contributed by atoms with Crippen LogP contribution in [-0.2, 0) is 5.41 Å². The lowest BCUT2D eigenvalue weighted by Crippen LogP contribution is -2.44. The summed E-state index contributed by atoms with van der Waals surface area (Å²) < 4.78 is 5.80. The van der Waals surface area contributed by atoms with Crippen LogP contribution in [0.4, 0.5) is 0 Å². The van der Waals surface area contributed by atoms with Crippen molar-refractivity contribution in [1.29, 1.82) is 10.5 Å². The number of fused-ring (bicyclic) bond motifs is 3. The van der Waals surface area contributed by atoms with Crippen molar-refractivity contribution < 1.29 is 4.74 Å². The van der Waals surface area contributed by atoms with Gasteiger partial charge in [0.05, 0.1) is 17.7 Å². The first-order chi connectivity index (χ1) is 17.1. The lowest BCUT2D eigenvalue weighted by Gasteiger charge is -2.54. The molecule has 0 amide bonds. The molecule has 2 aromatic rings. The molecule has 0 aromatic heterocycles. The molecule has 3 fully saturated rings. The van der Waals surface area contributed by atoms with E-state index in [0.717, 1.165) is 54.5 Å². The van der Waals surface area contributed by atoms with E-state index < -0.39 is 0 Å². The van der Waals surface area contributed by atoms with E-state index in [1.807, 2.05) is 24.3 Å². The zero-order chi connectivity index (χ0) is 24.7. The van der Waals surface area contributed by atoms with Crippen molar-refractivity contribution >= 4 is 0 Å². The van der Waals surface area contributed by atoms with Gasteiger partial charge in [-0.1, -0.05) is 70.2 Å². The largest absolute Gasteiger partial charge is 0.494 e. The fourth-order valence-corrected chi connectivity index (χ4v) is 6.55. The van der Waals surface area contributed by atoms with Gasteiger partial charge in [-0.2, -0.15) is 10.5 Å². The summed E-state index contributed by atoms with van der Waals surface area (Å²) in [6, 6.07) is 17.0. The van der Waals surface area contributed by atoms with Crippen LogP contribution in [0, 0.1) is 28.1 Å². The zero-order valence-electron chi connectivity index (χ0n) is 21.7. The molecule has 0 radical (unpaired) electrons. The number of nitrogens with zero attached hydrogens (tertiary/aromatic N) is 2. The molecule has 5 rings (SSSR count). The van der Waals surface area contributed by atoms with E-state index in [9.17, 15) is 10.5 Å². The average Bonchev–Trinajstić information content (AvgIpc) is 2.92. The van der Waals surface area contributed by atoms with Gasteiger partial charge in [0.1, 0.15) is 17.9 Å². The first-order valence-corrected chi connectivity index (χ1v) is 13.8. The fraction of sp³-hybridized carbons (Fsp3) is 0.562. The van der Waals surface area contributed by atoms with Crippen LogP contribution in [0.3, 0.4) is 0 Å². The highest BCUT2D eigenvalue weighted by Crippen LogP contribution is 2.60. The Morgan fingerprint density at radius 2 is 1.40 bits per heavy atom.